The summed E-state index contributed by atoms with van der Waals surface area (Å²) >= 11 is 11.3. The number of aromatic nitrogens is 4. The van der Waals surface area contributed by atoms with Crippen LogP contribution in [0, 0.1) is 13.8 Å². The van der Waals surface area contributed by atoms with Crippen LogP contribution in [-0.4, -0.2) is 24.7 Å². The zero-order chi connectivity index (χ0) is 18.7. The van der Waals surface area contributed by atoms with Gasteiger partial charge in [0, 0.05) is 36.1 Å². The molecule has 0 saturated carbocycles. The second-order valence-electron chi connectivity index (χ2n) is 6.13. The second kappa shape index (κ2) is 7.88. The van der Waals surface area contributed by atoms with E-state index in [4.69, 9.17) is 23.8 Å². The van der Waals surface area contributed by atoms with E-state index < -0.39 is 0 Å². The molecular weight excluding hydrogens is 368 g/mol. The molecule has 0 atom stereocenters. The number of halogens is 1. The average Bonchev–Trinajstić information content (AvgIpc) is 3.12. The van der Waals surface area contributed by atoms with E-state index in [0.717, 1.165) is 33.2 Å². The highest BCUT2D eigenvalue weighted by Gasteiger charge is 2.10. The van der Waals surface area contributed by atoms with Crippen molar-refractivity contribution in [3.05, 3.63) is 64.2 Å². The highest BCUT2D eigenvalue weighted by molar-refractivity contribution is 7.80. The van der Waals surface area contributed by atoms with E-state index in [1.54, 1.807) is 6.20 Å². The number of benzene rings is 1. The topological polar surface area (TPSA) is 59.7 Å². The molecule has 2 heterocycles. The highest BCUT2D eigenvalue weighted by Crippen LogP contribution is 2.13. The molecule has 136 valence electrons. The van der Waals surface area contributed by atoms with Crippen LogP contribution in [0.15, 0.2) is 36.7 Å². The van der Waals surface area contributed by atoms with Gasteiger partial charge in [-0.2, -0.15) is 10.2 Å². The molecule has 0 radical (unpaired) electrons. The quantitative estimate of drug-likeness (QED) is 0.656. The van der Waals surface area contributed by atoms with Gasteiger partial charge in [0.1, 0.15) is 0 Å². The second-order valence-corrected chi connectivity index (χ2v) is 6.98. The smallest absolute Gasteiger partial charge is 0.171 e. The predicted molar refractivity (Wildman–Crippen MR) is 109 cm³/mol. The third kappa shape index (κ3) is 4.42. The molecule has 0 spiro atoms. The van der Waals surface area contributed by atoms with Crippen molar-refractivity contribution in [3.8, 4) is 0 Å². The van der Waals surface area contributed by atoms with Gasteiger partial charge in [0.05, 0.1) is 24.1 Å². The van der Waals surface area contributed by atoms with Crippen LogP contribution in [0.4, 0.5) is 5.69 Å². The van der Waals surface area contributed by atoms with Gasteiger partial charge in [-0.25, -0.2) is 0 Å². The molecule has 0 aliphatic rings. The molecule has 2 N–H and O–H groups in total. The molecule has 26 heavy (non-hydrogen) atoms. The first-order valence-corrected chi connectivity index (χ1v) is 9.02. The maximum Gasteiger partial charge on any atom is 0.171 e. The number of nitrogens with zero attached hydrogens (tertiary/aromatic N) is 4. The SMILES string of the molecule is Cc1nn(C)c(C)c1CNC(=S)Nc1cnn(Cc2ccc(Cl)cc2)c1. The third-order valence-corrected chi connectivity index (χ3v) is 4.73. The summed E-state index contributed by atoms with van der Waals surface area (Å²) < 4.78 is 3.73. The van der Waals surface area contributed by atoms with Crippen molar-refractivity contribution in [3.63, 3.8) is 0 Å². The van der Waals surface area contributed by atoms with E-state index in [0.29, 0.717) is 18.2 Å². The van der Waals surface area contributed by atoms with E-state index >= 15 is 0 Å². The first-order chi connectivity index (χ1) is 12.4. The van der Waals surface area contributed by atoms with Gasteiger partial charge in [-0.1, -0.05) is 23.7 Å². The van der Waals surface area contributed by atoms with Crippen molar-refractivity contribution in [2.45, 2.75) is 26.9 Å². The lowest BCUT2D eigenvalue weighted by molar-refractivity contribution is 0.687. The van der Waals surface area contributed by atoms with Crippen LogP contribution >= 0.6 is 23.8 Å². The fourth-order valence-corrected chi connectivity index (χ4v) is 3.02. The van der Waals surface area contributed by atoms with Crippen LogP contribution in [0.1, 0.15) is 22.5 Å². The van der Waals surface area contributed by atoms with Gasteiger partial charge >= 0.3 is 0 Å². The van der Waals surface area contributed by atoms with Gasteiger partial charge in [0.25, 0.3) is 0 Å². The van der Waals surface area contributed by atoms with E-state index in [9.17, 15) is 0 Å². The van der Waals surface area contributed by atoms with Crippen molar-refractivity contribution in [2.24, 2.45) is 7.05 Å². The zero-order valence-corrected chi connectivity index (χ0v) is 16.5. The van der Waals surface area contributed by atoms with Crippen LogP contribution in [0.3, 0.4) is 0 Å². The third-order valence-electron chi connectivity index (χ3n) is 4.23. The van der Waals surface area contributed by atoms with Gasteiger partial charge in [-0.15, -0.1) is 0 Å². The lowest BCUT2D eigenvalue weighted by Crippen LogP contribution is -2.28. The zero-order valence-electron chi connectivity index (χ0n) is 15.0. The Labute approximate surface area is 163 Å². The van der Waals surface area contributed by atoms with Crippen LogP contribution < -0.4 is 10.6 Å². The normalized spacial score (nSPS) is 10.8. The van der Waals surface area contributed by atoms with Gasteiger partial charge in [-0.05, 0) is 43.8 Å². The Morgan fingerprint density at radius 3 is 2.62 bits per heavy atom. The molecule has 0 saturated heterocycles. The van der Waals surface area contributed by atoms with Gasteiger partial charge in [0.15, 0.2) is 5.11 Å². The molecule has 3 rings (SSSR count). The minimum atomic E-state index is 0.554. The van der Waals surface area contributed by atoms with E-state index in [2.05, 4.69) is 20.8 Å². The molecule has 2 aromatic heterocycles. The monoisotopic (exact) mass is 388 g/mol. The molecule has 6 nitrogen and oxygen atoms in total. The fourth-order valence-electron chi connectivity index (χ4n) is 2.71. The summed E-state index contributed by atoms with van der Waals surface area (Å²) in [7, 11) is 1.94. The van der Waals surface area contributed by atoms with Crippen LogP contribution in [0.25, 0.3) is 0 Å². The summed E-state index contributed by atoms with van der Waals surface area (Å²) in [6.07, 6.45) is 3.67. The van der Waals surface area contributed by atoms with E-state index in [1.165, 1.54) is 0 Å². The van der Waals surface area contributed by atoms with Crippen molar-refractivity contribution < 1.29 is 0 Å². The Bertz CT molecular complexity index is 912. The maximum absolute atomic E-state index is 5.91. The number of hydrogen-bond donors (Lipinski definition) is 2. The Morgan fingerprint density at radius 1 is 1.23 bits per heavy atom. The van der Waals surface area contributed by atoms with Crippen molar-refractivity contribution in [1.82, 2.24) is 24.9 Å². The molecule has 0 unspecified atom stereocenters. The van der Waals surface area contributed by atoms with E-state index in [-0.39, 0.29) is 0 Å². The lowest BCUT2D eigenvalue weighted by Gasteiger charge is -2.09. The first-order valence-electron chi connectivity index (χ1n) is 8.23. The Kier molecular flexibility index (Phi) is 5.58. The summed E-state index contributed by atoms with van der Waals surface area (Å²) in [5.74, 6) is 0. The first kappa shape index (κ1) is 18.4. The Balaban J connectivity index is 1.55. The van der Waals surface area contributed by atoms with Gasteiger partial charge in [-0.3, -0.25) is 9.36 Å². The lowest BCUT2D eigenvalue weighted by atomic mass is 10.2. The number of nitrogens with one attached hydrogen (secondary N) is 2. The average molecular weight is 389 g/mol. The molecular formula is C18H21ClN6S. The Morgan fingerprint density at radius 2 is 1.96 bits per heavy atom. The molecule has 3 aromatic rings. The largest absolute Gasteiger partial charge is 0.358 e. The number of anilines is 1. The molecule has 0 amide bonds. The summed E-state index contributed by atoms with van der Waals surface area (Å²) in [5, 5.41) is 16.4. The molecule has 0 aliphatic heterocycles. The summed E-state index contributed by atoms with van der Waals surface area (Å²) in [5.41, 5.74) is 5.28. The fraction of sp³-hybridized carbons (Fsp3) is 0.278. The molecule has 0 bridgehead atoms. The van der Waals surface area contributed by atoms with Crippen molar-refractivity contribution >= 4 is 34.6 Å². The standard InChI is InChI=1S/C18H21ClN6S/c1-12-17(13(2)24(3)23-12)9-20-18(26)22-16-8-21-25(11-16)10-14-4-6-15(19)7-5-14/h4-8,11H,9-10H2,1-3H3,(H2,20,22,26). The molecule has 8 heteroatoms. The highest BCUT2D eigenvalue weighted by atomic mass is 35.5. The summed E-state index contributed by atoms with van der Waals surface area (Å²) in [6.45, 7) is 5.36. The minimum Gasteiger partial charge on any atom is -0.358 e. The summed E-state index contributed by atoms with van der Waals surface area (Å²) in [6, 6.07) is 7.73. The van der Waals surface area contributed by atoms with Crippen LogP contribution in [0.2, 0.25) is 5.02 Å². The molecule has 0 aliphatic carbocycles. The molecule has 0 fully saturated rings. The van der Waals surface area contributed by atoms with Gasteiger partial charge in [0.2, 0.25) is 0 Å². The van der Waals surface area contributed by atoms with Crippen LogP contribution in [0.5, 0.6) is 0 Å². The van der Waals surface area contributed by atoms with E-state index in [1.807, 2.05) is 60.7 Å². The number of hydrogen-bond acceptors (Lipinski definition) is 3. The molecule has 1 aromatic carbocycles. The number of rotatable bonds is 5. The summed E-state index contributed by atoms with van der Waals surface area (Å²) in [4.78, 5) is 0. The number of thiocarbonyl (C=S) groups is 1. The number of aryl methyl sites for hydroxylation is 2. The predicted octanol–water partition coefficient (Wildman–Crippen LogP) is 3.42. The maximum atomic E-state index is 5.91. The van der Waals surface area contributed by atoms with Crippen LogP contribution in [-0.2, 0) is 20.1 Å². The van der Waals surface area contributed by atoms with Gasteiger partial charge < -0.3 is 10.6 Å². The Hall–Kier alpha value is -2.38. The van der Waals surface area contributed by atoms with Crippen molar-refractivity contribution in [2.75, 3.05) is 5.32 Å². The minimum absolute atomic E-state index is 0.554. The van der Waals surface area contributed by atoms with Crippen molar-refractivity contribution in [1.29, 1.82) is 0 Å².